The van der Waals surface area contributed by atoms with Gasteiger partial charge in [-0.2, -0.15) is 5.26 Å². The van der Waals surface area contributed by atoms with E-state index in [-0.39, 0.29) is 0 Å². The number of aryl methyl sites for hydroxylation is 1. The fourth-order valence-corrected chi connectivity index (χ4v) is 1.85. The van der Waals surface area contributed by atoms with Crippen molar-refractivity contribution in [2.45, 2.75) is 19.8 Å². The second kappa shape index (κ2) is 4.84. The molecule has 0 bridgehead atoms. The molecule has 1 aromatic carbocycles. The summed E-state index contributed by atoms with van der Waals surface area (Å²) in [5.74, 6) is 0.915. The molecular formula is C14H15N3. The number of nitrogens with zero attached hydrogens (tertiary/aromatic N) is 3. The van der Waals surface area contributed by atoms with Crippen LogP contribution in [0.4, 0.5) is 0 Å². The highest BCUT2D eigenvalue weighted by molar-refractivity contribution is 5.56. The predicted molar refractivity (Wildman–Crippen MR) is 67.3 cm³/mol. The molecule has 0 aliphatic heterocycles. The van der Waals surface area contributed by atoms with Crippen molar-refractivity contribution < 1.29 is 0 Å². The van der Waals surface area contributed by atoms with Gasteiger partial charge < -0.3 is 4.57 Å². The van der Waals surface area contributed by atoms with Crippen molar-refractivity contribution in [3.8, 4) is 17.5 Å². The molecule has 0 amide bonds. The van der Waals surface area contributed by atoms with Crippen LogP contribution >= 0.6 is 0 Å². The molecule has 0 spiro atoms. The molecule has 0 saturated carbocycles. The van der Waals surface area contributed by atoms with Crippen molar-refractivity contribution in [2.24, 2.45) is 7.05 Å². The first kappa shape index (κ1) is 11.4. The highest BCUT2D eigenvalue weighted by Gasteiger charge is 2.07. The molecule has 0 N–H and O–H groups in total. The lowest BCUT2D eigenvalue weighted by Gasteiger charge is -2.04. The molecule has 2 rings (SSSR count). The summed E-state index contributed by atoms with van der Waals surface area (Å²) in [5.41, 5.74) is 3.36. The van der Waals surface area contributed by atoms with Crippen molar-refractivity contribution in [1.82, 2.24) is 9.55 Å². The number of aromatic nitrogens is 2. The van der Waals surface area contributed by atoms with Gasteiger partial charge in [-0.25, -0.2) is 4.98 Å². The first-order chi connectivity index (χ1) is 8.26. The average molecular weight is 225 g/mol. The maximum absolute atomic E-state index is 8.70. The van der Waals surface area contributed by atoms with E-state index in [1.54, 1.807) is 6.20 Å². The largest absolute Gasteiger partial charge is 0.330 e. The standard InChI is InChI=1S/C14H15N3/c1-3-11-4-6-12(7-5-11)14-16-10-13(8-9-15)17(14)2/h4-7,10H,3,8H2,1-2H3. The van der Waals surface area contributed by atoms with E-state index in [2.05, 4.69) is 42.2 Å². The Labute approximate surface area is 101 Å². The van der Waals surface area contributed by atoms with E-state index < -0.39 is 0 Å². The van der Waals surface area contributed by atoms with Crippen LogP contribution in [0.2, 0.25) is 0 Å². The maximum Gasteiger partial charge on any atom is 0.139 e. The van der Waals surface area contributed by atoms with Crippen LogP contribution in [-0.4, -0.2) is 9.55 Å². The first-order valence-corrected chi connectivity index (χ1v) is 5.73. The normalized spacial score (nSPS) is 10.2. The van der Waals surface area contributed by atoms with Crippen molar-refractivity contribution in [2.75, 3.05) is 0 Å². The van der Waals surface area contributed by atoms with Crippen LogP contribution in [0, 0.1) is 11.3 Å². The molecule has 0 unspecified atom stereocenters. The van der Waals surface area contributed by atoms with Gasteiger partial charge in [0.1, 0.15) is 5.82 Å². The minimum atomic E-state index is 0.399. The van der Waals surface area contributed by atoms with E-state index >= 15 is 0 Å². The smallest absolute Gasteiger partial charge is 0.139 e. The Morgan fingerprint density at radius 3 is 2.59 bits per heavy atom. The summed E-state index contributed by atoms with van der Waals surface area (Å²) in [5, 5.41) is 8.70. The van der Waals surface area contributed by atoms with Crippen LogP contribution in [-0.2, 0) is 19.9 Å². The van der Waals surface area contributed by atoms with Gasteiger partial charge in [0.2, 0.25) is 0 Å². The lowest BCUT2D eigenvalue weighted by Crippen LogP contribution is -1.97. The van der Waals surface area contributed by atoms with E-state index in [1.165, 1.54) is 5.56 Å². The minimum Gasteiger partial charge on any atom is -0.330 e. The second-order valence-corrected chi connectivity index (χ2v) is 4.02. The van der Waals surface area contributed by atoms with Gasteiger partial charge >= 0.3 is 0 Å². The Kier molecular flexibility index (Phi) is 3.24. The molecule has 3 heteroatoms. The van der Waals surface area contributed by atoms with Crippen molar-refractivity contribution in [3.63, 3.8) is 0 Å². The predicted octanol–water partition coefficient (Wildman–Crippen LogP) is 2.72. The third-order valence-electron chi connectivity index (χ3n) is 2.96. The van der Waals surface area contributed by atoms with E-state index in [9.17, 15) is 0 Å². The number of hydrogen-bond donors (Lipinski definition) is 0. The molecule has 17 heavy (non-hydrogen) atoms. The van der Waals surface area contributed by atoms with Gasteiger partial charge in [0.05, 0.1) is 18.2 Å². The summed E-state index contributed by atoms with van der Waals surface area (Å²) in [4.78, 5) is 4.37. The van der Waals surface area contributed by atoms with Gasteiger partial charge in [0.25, 0.3) is 0 Å². The van der Waals surface area contributed by atoms with Crippen LogP contribution in [0.5, 0.6) is 0 Å². The molecule has 0 aliphatic carbocycles. The van der Waals surface area contributed by atoms with E-state index in [4.69, 9.17) is 5.26 Å². The van der Waals surface area contributed by atoms with Crippen LogP contribution in [0.3, 0.4) is 0 Å². The van der Waals surface area contributed by atoms with Crippen LogP contribution in [0.15, 0.2) is 30.5 Å². The number of hydrogen-bond acceptors (Lipinski definition) is 2. The zero-order chi connectivity index (χ0) is 12.3. The highest BCUT2D eigenvalue weighted by Crippen LogP contribution is 2.19. The topological polar surface area (TPSA) is 41.6 Å². The van der Waals surface area contributed by atoms with Gasteiger partial charge in [-0.1, -0.05) is 31.2 Å². The van der Waals surface area contributed by atoms with Gasteiger partial charge in [-0.3, -0.25) is 0 Å². The summed E-state index contributed by atoms with van der Waals surface area (Å²) < 4.78 is 1.98. The third kappa shape index (κ3) is 2.21. The van der Waals surface area contributed by atoms with Gasteiger partial charge in [0.15, 0.2) is 0 Å². The maximum atomic E-state index is 8.70. The summed E-state index contributed by atoms with van der Waals surface area (Å²) >= 11 is 0. The average Bonchev–Trinajstić information content (AvgIpc) is 2.72. The minimum absolute atomic E-state index is 0.399. The molecule has 0 fully saturated rings. The summed E-state index contributed by atoms with van der Waals surface area (Å²) in [6, 6.07) is 10.5. The Balaban J connectivity index is 2.36. The molecule has 86 valence electrons. The van der Waals surface area contributed by atoms with Gasteiger partial charge in [0, 0.05) is 18.8 Å². The number of nitriles is 1. The molecular weight excluding hydrogens is 210 g/mol. The zero-order valence-corrected chi connectivity index (χ0v) is 10.1. The molecule has 2 aromatic rings. The number of imidazole rings is 1. The second-order valence-electron chi connectivity index (χ2n) is 4.02. The van der Waals surface area contributed by atoms with E-state index in [1.807, 2.05) is 11.6 Å². The molecule has 3 nitrogen and oxygen atoms in total. The SMILES string of the molecule is CCc1ccc(-c2ncc(CC#N)n2C)cc1. The molecule has 0 atom stereocenters. The zero-order valence-electron chi connectivity index (χ0n) is 10.1. The summed E-state index contributed by atoms with van der Waals surface area (Å²) in [6.45, 7) is 2.14. The van der Waals surface area contributed by atoms with Crippen molar-refractivity contribution in [1.29, 1.82) is 5.26 Å². The first-order valence-electron chi connectivity index (χ1n) is 5.73. The van der Waals surface area contributed by atoms with Crippen LogP contribution in [0.1, 0.15) is 18.2 Å². The lowest BCUT2D eigenvalue weighted by atomic mass is 10.1. The molecule has 0 radical (unpaired) electrons. The van der Waals surface area contributed by atoms with Crippen LogP contribution in [0.25, 0.3) is 11.4 Å². The third-order valence-corrected chi connectivity index (χ3v) is 2.96. The van der Waals surface area contributed by atoms with E-state index in [0.717, 1.165) is 23.5 Å². The highest BCUT2D eigenvalue weighted by atomic mass is 15.1. The molecule has 0 saturated heterocycles. The lowest BCUT2D eigenvalue weighted by molar-refractivity contribution is 0.863. The summed E-state index contributed by atoms with van der Waals surface area (Å²) in [6.07, 6.45) is 3.21. The van der Waals surface area contributed by atoms with Crippen molar-refractivity contribution in [3.05, 3.63) is 41.7 Å². The quantitative estimate of drug-likeness (QED) is 0.806. The Morgan fingerprint density at radius 1 is 1.29 bits per heavy atom. The molecule has 1 aromatic heterocycles. The van der Waals surface area contributed by atoms with Gasteiger partial charge in [-0.15, -0.1) is 0 Å². The van der Waals surface area contributed by atoms with Gasteiger partial charge in [-0.05, 0) is 12.0 Å². The van der Waals surface area contributed by atoms with E-state index in [0.29, 0.717) is 6.42 Å². The Morgan fingerprint density at radius 2 is 2.00 bits per heavy atom. The molecule has 0 aliphatic rings. The summed E-state index contributed by atoms with van der Waals surface area (Å²) in [7, 11) is 1.95. The van der Waals surface area contributed by atoms with Crippen molar-refractivity contribution >= 4 is 0 Å². The fraction of sp³-hybridized carbons (Fsp3) is 0.286. The Hall–Kier alpha value is -2.08. The fourth-order valence-electron chi connectivity index (χ4n) is 1.85. The number of benzene rings is 1. The monoisotopic (exact) mass is 225 g/mol. The Bertz CT molecular complexity index is 544. The molecule has 1 heterocycles. The number of rotatable bonds is 3. The van der Waals surface area contributed by atoms with Crippen LogP contribution < -0.4 is 0 Å².